The Morgan fingerprint density at radius 2 is 2.14 bits per heavy atom. The second-order valence-corrected chi connectivity index (χ2v) is 5.24. The number of aryl methyl sites for hydroxylation is 1. The van der Waals surface area contributed by atoms with Gasteiger partial charge in [0.25, 0.3) is 5.91 Å². The van der Waals surface area contributed by atoms with Gasteiger partial charge in [-0.05, 0) is 18.6 Å². The van der Waals surface area contributed by atoms with E-state index in [-0.39, 0.29) is 0 Å². The molecule has 0 spiro atoms. The summed E-state index contributed by atoms with van der Waals surface area (Å²) in [5.74, 6) is -0.532. The number of nitrogens with one attached hydrogen (secondary N) is 2. The van der Waals surface area contributed by atoms with Gasteiger partial charge in [0.15, 0.2) is 0 Å². The van der Waals surface area contributed by atoms with Crippen molar-refractivity contribution >= 4 is 5.91 Å². The summed E-state index contributed by atoms with van der Waals surface area (Å²) in [7, 11) is 0. The molecule has 1 amide bonds. The molecule has 1 aliphatic rings. The first-order valence-corrected chi connectivity index (χ1v) is 7.10. The lowest BCUT2D eigenvalue weighted by atomic mass is 10.1. The number of aromatic nitrogens is 1. The average molecular weight is 316 g/mol. The molecule has 2 N–H and O–H groups in total. The predicted octanol–water partition coefficient (Wildman–Crippen LogP) is 0.956. The van der Waals surface area contributed by atoms with Crippen molar-refractivity contribution in [2.45, 2.75) is 19.1 Å². The van der Waals surface area contributed by atoms with Gasteiger partial charge in [-0.25, -0.2) is 0 Å². The van der Waals surface area contributed by atoms with Gasteiger partial charge < -0.3 is 10.6 Å². The molecular formula is C14H19F3N4O. The first kappa shape index (κ1) is 16.7. The number of alkyl halides is 3. The lowest BCUT2D eigenvalue weighted by Gasteiger charge is -2.35. The molecule has 2 heterocycles. The van der Waals surface area contributed by atoms with Gasteiger partial charge in [0.05, 0.1) is 5.56 Å². The predicted molar refractivity (Wildman–Crippen MR) is 75.6 cm³/mol. The number of pyridine rings is 1. The van der Waals surface area contributed by atoms with E-state index in [4.69, 9.17) is 0 Å². The molecule has 1 aliphatic heterocycles. The fourth-order valence-corrected chi connectivity index (χ4v) is 2.43. The first-order chi connectivity index (χ1) is 10.4. The van der Waals surface area contributed by atoms with E-state index >= 15 is 0 Å². The Morgan fingerprint density at radius 3 is 2.73 bits per heavy atom. The Bertz CT molecular complexity index is 515. The highest BCUT2D eigenvalue weighted by Crippen LogP contribution is 2.24. The number of rotatable bonds is 4. The summed E-state index contributed by atoms with van der Waals surface area (Å²) in [5, 5.41) is 5.40. The molecule has 22 heavy (non-hydrogen) atoms. The monoisotopic (exact) mass is 316 g/mol. The fraction of sp³-hybridized carbons (Fsp3) is 0.571. The molecule has 1 aromatic rings. The highest BCUT2D eigenvalue weighted by molar-refractivity contribution is 5.95. The van der Waals surface area contributed by atoms with Crippen molar-refractivity contribution in [3.63, 3.8) is 0 Å². The molecule has 0 aromatic carbocycles. The van der Waals surface area contributed by atoms with Crippen molar-refractivity contribution in [3.05, 3.63) is 29.6 Å². The summed E-state index contributed by atoms with van der Waals surface area (Å²) in [6, 6.07) is -0.0255. The quantitative estimate of drug-likeness (QED) is 0.869. The minimum atomic E-state index is -4.38. The highest BCUT2D eigenvalue weighted by Gasteiger charge is 2.43. The van der Waals surface area contributed by atoms with Crippen LogP contribution in [0.15, 0.2) is 18.5 Å². The molecule has 0 saturated carbocycles. The topological polar surface area (TPSA) is 57.3 Å². The Labute approximate surface area is 126 Å². The van der Waals surface area contributed by atoms with Gasteiger partial charge in [-0.15, -0.1) is 0 Å². The van der Waals surface area contributed by atoms with Gasteiger partial charge in [0.2, 0.25) is 0 Å². The smallest absolute Gasteiger partial charge is 0.350 e. The largest absolute Gasteiger partial charge is 0.405 e. The van der Waals surface area contributed by atoms with Gasteiger partial charge in [-0.3, -0.25) is 14.7 Å². The van der Waals surface area contributed by atoms with Crippen LogP contribution in [0.25, 0.3) is 0 Å². The lowest BCUT2D eigenvalue weighted by molar-refractivity contribution is -0.183. The second kappa shape index (κ2) is 7.06. The van der Waals surface area contributed by atoms with Crippen LogP contribution in [0.1, 0.15) is 15.9 Å². The molecule has 0 aliphatic carbocycles. The van der Waals surface area contributed by atoms with E-state index in [0.29, 0.717) is 37.3 Å². The first-order valence-electron chi connectivity index (χ1n) is 7.10. The van der Waals surface area contributed by atoms with Gasteiger partial charge in [0.1, 0.15) is 6.04 Å². The number of carbonyl (C=O) groups is 1. The van der Waals surface area contributed by atoms with Crippen LogP contribution in [0.2, 0.25) is 0 Å². The van der Waals surface area contributed by atoms with Crippen LogP contribution in [0, 0.1) is 6.92 Å². The second-order valence-electron chi connectivity index (χ2n) is 5.24. The van der Waals surface area contributed by atoms with Crippen LogP contribution in [0.4, 0.5) is 13.2 Å². The van der Waals surface area contributed by atoms with E-state index in [1.54, 1.807) is 13.0 Å². The zero-order valence-corrected chi connectivity index (χ0v) is 12.3. The van der Waals surface area contributed by atoms with Crippen LogP contribution >= 0.6 is 0 Å². The van der Waals surface area contributed by atoms with Crippen molar-refractivity contribution in [1.29, 1.82) is 0 Å². The van der Waals surface area contributed by atoms with E-state index in [1.165, 1.54) is 17.3 Å². The summed E-state index contributed by atoms with van der Waals surface area (Å²) in [5.41, 5.74) is 0.974. The molecule has 0 radical (unpaired) electrons. The van der Waals surface area contributed by atoms with Crippen LogP contribution in [0.3, 0.4) is 0 Å². The van der Waals surface area contributed by atoms with Gasteiger partial charge in [0, 0.05) is 45.1 Å². The molecule has 1 unspecified atom stereocenters. The molecule has 2 rings (SSSR count). The summed E-state index contributed by atoms with van der Waals surface area (Å²) >= 11 is 0. The number of carbonyl (C=O) groups excluding carboxylic acids is 1. The van der Waals surface area contributed by atoms with Crippen molar-refractivity contribution in [2.24, 2.45) is 0 Å². The number of hydrogen-bond acceptors (Lipinski definition) is 4. The molecule has 5 nitrogen and oxygen atoms in total. The minimum absolute atomic E-state index is 0.295. The van der Waals surface area contributed by atoms with E-state index in [2.05, 4.69) is 15.6 Å². The molecule has 1 aromatic heterocycles. The number of nitrogens with zero attached hydrogens (tertiary/aromatic N) is 2. The molecular weight excluding hydrogens is 297 g/mol. The van der Waals surface area contributed by atoms with E-state index in [0.717, 1.165) is 0 Å². The lowest BCUT2D eigenvalue weighted by Crippen LogP contribution is -2.57. The maximum Gasteiger partial charge on any atom is 0.405 e. The highest BCUT2D eigenvalue weighted by atomic mass is 19.4. The third-order valence-electron chi connectivity index (χ3n) is 3.71. The Hall–Kier alpha value is -1.67. The van der Waals surface area contributed by atoms with E-state index in [9.17, 15) is 18.0 Å². The zero-order chi connectivity index (χ0) is 16.2. The standard InChI is InChI=1S/C14H19F3N4O/c1-10-2-3-19-8-11(10)13(22)20-9-12(14(15,16)17)21-6-4-18-5-7-21/h2-3,8,12,18H,4-7,9H2,1H3,(H,20,22). The summed E-state index contributed by atoms with van der Waals surface area (Å²) in [6.45, 7) is 2.91. The molecule has 8 heteroatoms. The van der Waals surface area contributed by atoms with Crippen LogP contribution in [-0.4, -0.2) is 60.7 Å². The van der Waals surface area contributed by atoms with E-state index in [1.807, 2.05) is 0 Å². The Morgan fingerprint density at radius 1 is 1.45 bits per heavy atom. The maximum absolute atomic E-state index is 13.2. The molecule has 1 fully saturated rings. The summed E-state index contributed by atoms with van der Waals surface area (Å²) in [6.07, 6.45) is -1.49. The van der Waals surface area contributed by atoms with Crippen molar-refractivity contribution in [1.82, 2.24) is 20.5 Å². The normalized spacial score (nSPS) is 18.0. The zero-order valence-electron chi connectivity index (χ0n) is 12.3. The SMILES string of the molecule is Cc1ccncc1C(=O)NCC(N1CCNCC1)C(F)(F)F. The average Bonchev–Trinajstić information content (AvgIpc) is 2.47. The fourth-order valence-electron chi connectivity index (χ4n) is 2.43. The number of amides is 1. The van der Waals surface area contributed by atoms with Crippen LogP contribution in [-0.2, 0) is 0 Å². The van der Waals surface area contributed by atoms with Gasteiger partial charge in [-0.1, -0.05) is 0 Å². The third kappa shape index (κ3) is 4.17. The summed E-state index contributed by atoms with van der Waals surface area (Å²) in [4.78, 5) is 17.2. The maximum atomic E-state index is 13.2. The molecule has 1 atom stereocenters. The number of piperazine rings is 1. The molecule has 0 bridgehead atoms. The molecule has 122 valence electrons. The van der Waals surface area contributed by atoms with Gasteiger partial charge >= 0.3 is 6.18 Å². The van der Waals surface area contributed by atoms with Crippen LogP contribution < -0.4 is 10.6 Å². The third-order valence-corrected chi connectivity index (χ3v) is 3.71. The Kier molecular flexibility index (Phi) is 5.36. The van der Waals surface area contributed by atoms with Crippen LogP contribution in [0.5, 0.6) is 0 Å². The molecule has 1 saturated heterocycles. The van der Waals surface area contributed by atoms with Crippen molar-refractivity contribution in [3.8, 4) is 0 Å². The van der Waals surface area contributed by atoms with Crippen molar-refractivity contribution in [2.75, 3.05) is 32.7 Å². The number of halogens is 3. The summed E-state index contributed by atoms with van der Waals surface area (Å²) < 4.78 is 39.6. The Balaban J connectivity index is 2.02. The van der Waals surface area contributed by atoms with E-state index < -0.39 is 24.7 Å². The van der Waals surface area contributed by atoms with Crippen molar-refractivity contribution < 1.29 is 18.0 Å². The minimum Gasteiger partial charge on any atom is -0.350 e. The number of hydrogen-bond donors (Lipinski definition) is 2. The van der Waals surface area contributed by atoms with Gasteiger partial charge in [-0.2, -0.15) is 13.2 Å².